The van der Waals surface area contributed by atoms with E-state index in [1.807, 2.05) is 6.07 Å². The number of aryl methyl sites for hydroxylation is 2. The van der Waals surface area contributed by atoms with Gasteiger partial charge in [-0.1, -0.05) is 24.3 Å². The Kier molecular flexibility index (Phi) is 2.87. The van der Waals surface area contributed by atoms with Gasteiger partial charge in [-0.05, 0) is 48.6 Å². The van der Waals surface area contributed by atoms with E-state index in [1.165, 1.54) is 41.6 Å². The molecule has 1 aliphatic heterocycles. The van der Waals surface area contributed by atoms with E-state index >= 15 is 0 Å². The number of rotatable bonds is 3. The Morgan fingerprint density at radius 2 is 1.95 bits per heavy atom. The maximum atomic E-state index is 5.73. The predicted molar refractivity (Wildman–Crippen MR) is 81.6 cm³/mol. The Labute approximate surface area is 119 Å². The van der Waals surface area contributed by atoms with Crippen LogP contribution in [0.4, 0.5) is 5.69 Å². The zero-order chi connectivity index (χ0) is 13.4. The van der Waals surface area contributed by atoms with Crippen LogP contribution < -0.4 is 10.1 Å². The van der Waals surface area contributed by atoms with Crippen molar-refractivity contribution in [2.45, 2.75) is 25.2 Å². The molecule has 1 N–H and O–H groups in total. The van der Waals surface area contributed by atoms with Gasteiger partial charge in [0.25, 0.3) is 0 Å². The second kappa shape index (κ2) is 4.86. The molecule has 2 heteroatoms. The summed E-state index contributed by atoms with van der Waals surface area (Å²) in [6.07, 6.45) is 3.79. The van der Waals surface area contributed by atoms with Crippen molar-refractivity contribution >= 4 is 5.69 Å². The van der Waals surface area contributed by atoms with Gasteiger partial charge in [0.2, 0.25) is 0 Å². The summed E-state index contributed by atoms with van der Waals surface area (Å²) in [5.74, 6) is 1.51. The summed E-state index contributed by atoms with van der Waals surface area (Å²) in [6.45, 7) is 1.73. The van der Waals surface area contributed by atoms with E-state index in [-0.39, 0.29) is 0 Å². The van der Waals surface area contributed by atoms with Gasteiger partial charge in [-0.3, -0.25) is 0 Å². The first-order valence-electron chi connectivity index (χ1n) is 7.47. The number of anilines is 1. The number of benzene rings is 2. The molecule has 2 aromatic carbocycles. The molecule has 2 nitrogen and oxygen atoms in total. The van der Waals surface area contributed by atoms with E-state index in [9.17, 15) is 0 Å². The van der Waals surface area contributed by atoms with Crippen molar-refractivity contribution in [2.75, 3.05) is 18.5 Å². The number of para-hydroxylation sites is 1. The van der Waals surface area contributed by atoms with Gasteiger partial charge >= 0.3 is 0 Å². The molecule has 1 heterocycles. The maximum Gasteiger partial charge on any atom is 0.122 e. The average Bonchev–Trinajstić information content (AvgIpc) is 3.11. The van der Waals surface area contributed by atoms with Crippen molar-refractivity contribution in [1.82, 2.24) is 0 Å². The van der Waals surface area contributed by atoms with E-state index in [1.54, 1.807) is 0 Å². The third-order valence-corrected chi connectivity index (χ3v) is 4.45. The largest absolute Gasteiger partial charge is 0.493 e. The Morgan fingerprint density at radius 1 is 1.05 bits per heavy atom. The van der Waals surface area contributed by atoms with Crippen molar-refractivity contribution in [1.29, 1.82) is 0 Å². The minimum atomic E-state index is 0.458. The number of fused-ring (bicyclic) bond motifs is 2. The van der Waals surface area contributed by atoms with Gasteiger partial charge in [-0.25, -0.2) is 0 Å². The Bertz CT molecular complexity index is 635. The highest BCUT2D eigenvalue weighted by atomic mass is 16.5. The molecule has 2 aliphatic rings. The normalized spacial score (nSPS) is 19.3. The van der Waals surface area contributed by atoms with Gasteiger partial charge in [0.15, 0.2) is 0 Å². The van der Waals surface area contributed by atoms with Gasteiger partial charge in [-0.2, -0.15) is 0 Å². The summed E-state index contributed by atoms with van der Waals surface area (Å²) in [5.41, 5.74) is 5.64. The lowest BCUT2D eigenvalue weighted by atomic mass is 10.0. The Balaban J connectivity index is 1.46. The molecule has 1 unspecified atom stereocenters. The van der Waals surface area contributed by atoms with E-state index in [4.69, 9.17) is 4.74 Å². The number of ether oxygens (including phenoxy) is 1. The monoisotopic (exact) mass is 265 g/mol. The molecule has 0 spiro atoms. The molecule has 0 bridgehead atoms. The second-order valence-electron chi connectivity index (χ2n) is 5.76. The molecule has 0 fully saturated rings. The fourth-order valence-electron chi connectivity index (χ4n) is 3.32. The van der Waals surface area contributed by atoms with E-state index in [2.05, 4.69) is 41.7 Å². The summed E-state index contributed by atoms with van der Waals surface area (Å²) < 4.78 is 5.73. The first-order chi connectivity index (χ1) is 9.90. The zero-order valence-electron chi connectivity index (χ0n) is 11.6. The summed E-state index contributed by atoms with van der Waals surface area (Å²) >= 11 is 0. The van der Waals surface area contributed by atoms with Crippen LogP contribution in [0.15, 0.2) is 42.5 Å². The van der Waals surface area contributed by atoms with E-state index < -0.39 is 0 Å². The molecule has 1 aliphatic carbocycles. The van der Waals surface area contributed by atoms with E-state index in [0.717, 1.165) is 18.9 Å². The van der Waals surface area contributed by atoms with Crippen molar-refractivity contribution in [3.63, 3.8) is 0 Å². The zero-order valence-corrected chi connectivity index (χ0v) is 11.6. The molecule has 1 atom stereocenters. The maximum absolute atomic E-state index is 5.73. The number of hydrogen-bond donors (Lipinski definition) is 1. The summed E-state index contributed by atoms with van der Waals surface area (Å²) in [5, 5.41) is 3.58. The van der Waals surface area contributed by atoms with Gasteiger partial charge in [-0.15, -0.1) is 0 Å². The molecular weight excluding hydrogens is 246 g/mol. The van der Waals surface area contributed by atoms with Crippen LogP contribution in [0, 0.1) is 0 Å². The smallest absolute Gasteiger partial charge is 0.122 e. The number of hydrogen-bond acceptors (Lipinski definition) is 2. The third-order valence-electron chi connectivity index (χ3n) is 4.45. The van der Waals surface area contributed by atoms with E-state index in [0.29, 0.717) is 5.92 Å². The standard InChI is InChI=1S/C18H19NO/c1-2-7-18-17(6-1)15(12-20-18)11-19-16-9-8-13-4-3-5-14(13)10-16/h1-2,6-10,15,19H,3-5,11-12H2. The van der Waals surface area contributed by atoms with Gasteiger partial charge in [0.1, 0.15) is 5.75 Å². The predicted octanol–water partition coefficient (Wildman–Crippen LogP) is 3.76. The highest BCUT2D eigenvalue weighted by Gasteiger charge is 2.23. The van der Waals surface area contributed by atoms with Crippen LogP contribution in [0.2, 0.25) is 0 Å². The number of nitrogens with one attached hydrogen (secondary N) is 1. The molecule has 0 saturated carbocycles. The molecule has 4 rings (SSSR count). The van der Waals surface area contributed by atoms with Gasteiger partial charge in [0, 0.05) is 23.7 Å². The van der Waals surface area contributed by atoms with Crippen molar-refractivity contribution in [3.8, 4) is 5.75 Å². The fraction of sp³-hybridized carbons (Fsp3) is 0.333. The van der Waals surface area contributed by atoms with Gasteiger partial charge < -0.3 is 10.1 Å². The summed E-state index contributed by atoms with van der Waals surface area (Å²) in [6, 6.07) is 15.2. The van der Waals surface area contributed by atoms with Crippen LogP contribution in [0.5, 0.6) is 5.75 Å². The SMILES string of the molecule is c1ccc2c(c1)OCC2CNc1ccc2c(c1)CCC2. The quantitative estimate of drug-likeness (QED) is 0.912. The average molecular weight is 265 g/mol. The molecule has 20 heavy (non-hydrogen) atoms. The Hall–Kier alpha value is -1.96. The van der Waals surface area contributed by atoms with Crippen LogP contribution in [0.25, 0.3) is 0 Å². The topological polar surface area (TPSA) is 21.3 Å². The first kappa shape index (κ1) is 11.8. The molecule has 0 saturated heterocycles. The first-order valence-corrected chi connectivity index (χ1v) is 7.47. The summed E-state index contributed by atoms with van der Waals surface area (Å²) in [4.78, 5) is 0. The third kappa shape index (κ3) is 2.05. The lowest BCUT2D eigenvalue weighted by Crippen LogP contribution is -2.14. The molecule has 102 valence electrons. The van der Waals surface area contributed by atoms with Crippen LogP contribution in [0.3, 0.4) is 0 Å². The van der Waals surface area contributed by atoms with Crippen molar-refractivity contribution < 1.29 is 4.74 Å². The van der Waals surface area contributed by atoms with Crippen molar-refractivity contribution in [3.05, 3.63) is 59.2 Å². The fourth-order valence-corrected chi connectivity index (χ4v) is 3.32. The lowest BCUT2D eigenvalue weighted by molar-refractivity contribution is 0.334. The van der Waals surface area contributed by atoms with Crippen LogP contribution in [-0.2, 0) is 12.8 Å². The second-order valence-corrected chi connectivity index (χ2v) is 5.76. The molecule has 0 radical (unpaired) electrons. The lowest BCUT2D eigenvalue weighted by Gasteiger charge is -2.12. The molecular formula is C18H19NO. The van der Waals surface area contributed by atoms with Gasteiger partial charge in [0.05, 0.1) is 6.61 Å². The minimum absolute atomic E-state index is 0.458. The molecule has 0 aromatic heterocycles. The van der Waals surface area contributed by atoms with Crippen molar-refractivity contribution in [2.24, 2.45) is 0 Å². The van der Waals surface area contributed by atoms with Crippen LogP contribution in [-0.4, -0.2) is 13.2 Å². The highest BCUT2D eigenvalue weighted by Crippen LogP contribution is 2.33. The Morgan fingerprint density at radius 3 is 2.95 bits per heavy atom. The van der Waals surface area contributed by atoms with Crippen LogP contribution >= 0.6 is 0 Å². The highest BCUT2D eigenvalue weighted by molar-refractivity contribution is 5.51. The molecule has 2 aromatic rings. The van der Waals surface area contributed by atoms with Crippen LogP contribution in [0.1, 0.15) is 29.0 Å². The summed E-state index contributed by atoms with van der Waals surface area (Å²) in [7, 11) is 0. The minimum Gasteiger partial charge on any atom is -0.493 e. The molecule has 0 amide bonds.